The highest BCUT2D eigenvalue weighted by atomic mass is 15.0. The highest BCUT2D eigenvalue weighted by Crippen LogP contribution is 2.23. The molecule has 1 atom stereocenters. The van der Waals surface area contributed by atoms with E-state index >= 15 is 0 Å². The second kappa shape index (κ2) is 4.10. The van der Waals surface area contributed by atoms with Gasteiger partial charge in [0, 0.05) is 13.2 Å². The second-order valence-electron chi connectivity index (χ2n) is 3.00. The first kappa shape index (κ1) is 9.04. The molecule has 1 N–H and O–H groups in total. The topological polar surface area (TPSA) is 24.9 Å². The summed E-state index contributed by atoms with van der Waals surface area (Å²) in [5, 5.41) is 3.10. The Kier molecular flexibility index (Phi) is 3.09. The van der Waals surface area contributed by atoms with Crippen LogP contribution in [0.1, 0.15) is 31.7 Å². The van der Waals surface area contributed by atoms with Crippen molar-refractivity contribution < 1.29 is 0 Å². The molecule has 0 aliphatic rings. The first-order valence-corrected chi connectivity index (χ1v) is 4.42. The Bertz CT molecular complexity index is 245. The SMILES string of the molecule is CCC(C)c1cccnc1NC. The molecule has 1 unspecified atom stereocenters. The molecule has 1 heterocycles. The number of nitrogens with zero attached hydrogens (tertiary/aromatic N) is 1. The lowest BCUT2D eigenvalue weighted by Crippen LogP contribution is -2.00. The standard InChI is InChI=1S/C10H16N2/c1-4-8(2)9-6-5-7-12-10(9)11-3/h5-8H,4H2,1-3H3,(H,11,12). The Morgan fingerprint density at radius 1 is 1.58 bits per heavy atom. The summed E-state index contributed by atoms with van der Waals surface area (Å²) in [6, 6.07) is 4.12. The van der Waals surface area contributed by atoms with E-state index in [1.165, 1.54) is 5.56 Å². The van der Waals surface area contributed by atoms with E-state index in [1.807, 2.05) is 19.3 Å². The van der Waals surface area contributed by atoms with Gasteiger partial charge < -0.3 is 5.32 Å². The van der Waals surface area contributed by atoms with Gasteiger partial charge in [0.2, 0.25) is 0 Å². The minimum absolute atomic E-state index is 0.584. The van der Waals surface area contributed by atoms with Crippen LogP contribution in [-0.2, 0) is 0 Å². The molecule has 66 valence electrons. The maximum absolute atomic E-state index is 4.26. The van der Waals surface area contributed by atoms with Crippen LogP contribution in [0.4, 0.5) is 5.82 Å². The number of anilines is 1. The van der Waals surface area contributed by atoms with Crippen LogP contribution in [-0.4, -0.2) is 12.0 Å². The Hall–Kier alpha value is -1.05. The van der Waals surface area contributed by atoms with Gasteiger partial charge in [-0.3, -0.25) is 0 Å². The zero-order chi connectivity index (χ0) is 8.97. The summed E-state index contributed by atoms with van der Waals surface area (Å²) in [6.45, 7) is 4.41. The minimum atomic E-state index is 0.584. The number of hydrogen-bond acceptors (Lipinski definition) is 2. The average molecular weight is 164 g/mol. The minimum Gasteiger partial charge on any atom is -0.373 e. The molecular formula is C10H16N2. The quantitative estimate of drug-likeness (QED) is 0.742. The lowest BCUT2D eigenvalue weighted by Gasteiger charge is -2.12. The summed E-state index contributed by atoms with van der Waals surface area (Å²) in [5.41, 5.74) is 1.31. The molecule has 0 aliphatic heterocycles. The van der Waals surface area contributed by atoms with E-state index in [-0.39, 0.29) is 0 Å². The maximum atomic E-state index is 4.26. The van der Waals surface area contributed by atoms with Gasteiger partial charge in [0.05, 0.1) is 0 Å². The molecule has 0 fully saturated rings. The molecule has 0 aromatic carbocycles. The smallest absolute Gasteiger partial charge is 0.129 e. The normalized spacial score (nSPS) is 12.6. The Morgan fingerprint density at radius 2 is 2.33 bits per heavy atom. The molecule has 0 aliphatic carbocycles. The molecule has 0 spiro atoms. The van der Waals surface area contributed by atoms with Gasteiger partial charge in [-0.2, -0.15) is 0 Å². The summed E-state index contributed by atoms with van der Waals surface area (Å²) in [4.78, 5) is 4.26. The van der Waals surface area contributed by atoms with Gasteiger partial charge >= 0.3 is 0 Å². The number of pyridine rings is 1. The Morgan fingerprint density at radius 3 is 2.92 bits per heavy atom. The molecule has 1 rings (SSSR count). The average Bonchev–Trinajstić information content (AvgIpc) is 2.16. The number of nitrogens with one attached hydrogen (secondary N) is 1. The van der Waals surface area contributed by atoms with E-state index in [1.54, 1.807) is 0 Å². The predicted molar refractivity (Wildman–Crippen MR) is 52.5 cm³/mol. The van der Waals surface area contributed by atoms with Crippen molar-refractivity contribution in [3.05, 3.63) is 23.9 Å². The van der Waals surface area contributed by atoms with Gasteiger partial charge in [0.1, 0.15) is 5.82 Å². The largest absolute Gasteiger partial charge is 0.373 e. The number of aromatic nitrogens is 1. The van der Waals surface area contributed by atoms with Crippen LogP contribution in [0.15, 0.2) is 18.3 Å². The summed E-state index contributed by atoms with van der Waals surface area (Å²) in [5.74, 6) is 1.59. The van der Waals surface area contributed by atoms with Crippen molar-refractivity contribution in [1.29, 1.82) is 0 Å². The van der Waals surface area contributed by atoms with Crippen molar-refractivity contribution in [2.24, 2.45) is 0 Å². The summed E-state index contributed by atoms with van der Waals surface area (Å²) in [6.07, 6.45) is 2.97. The van der Waals surface area contributed by atoms with Crippen molar-refractivity contribution in [1.82, 2.24) is 4.98 Å². The summed E-state index contributed by atoms with van der Waals surface area (Å²) >= 11 is 0. The molecular weight excluding hydrogens is 148 g/mol. The molecule has 0 saturated heterocycles. The molecule has 2 heteroatoms. The van der Waals surface area contributed by atoms with Crippen LogP contribution in [0.2, 0.25) is 0 Å². The Balaban J connectivity index is 2.96. The molecule has 1 aromatic rings. The van der Waals surface area contributed by atoms with Crippen LogP contribution in [0.3, 0.4) is 0 Å². The van der Waals surface area contributed by atoms with Gasteiger partial charge in [-0.05, 0) is 24.0 Å². The highest BCUT2D eigenvalue weighted by molar-refractivity contribution is 5.44. The summed E-state index contributed by atoms with van der Waals surface area (Å²) < 4.78 is 0. The molecule has 1 aromatic heterocycles. The monoisotopic (exact) mass is 164 g/mol. The van der Waals surface area contributed by atoms with Gasteiger partial charge in [-0.25, -0.2) is 4.98 Å². The highest BCUT2D eigenvalue weighted by Gasteiger charge is 2.07. The van der Waals surface area contributed by atoms with E-state index < -0.39 is 0 Å². The fourth-order valence-electron chi connectivity index (χ4n) is 1.24. The molecule has 0 amide bonds. The molecule has 0 saturated carbocycles. The van der Waals surface area contributed by atoms with E-state index in [9.17, 15) is 0 Å². The first-order chi connectivity index (χ1) is 5.79. The van der Waals surface area contributed by atoms with Crippen molar-refractivity contribution in [3.8, 4) is 0 Å². The van der Waals surface area contributed by atoms with E-state index in [2.05, 4.69) is 30.2 Å². The first-order valence-electron chi connectivity index (χ1n) is 4.42. The van der Waals surface area contributed by atoms with Crippen LogP contribution >= 0.6 is 0 Å². The van der Waals surface area contributed by atoms with Crippen LogP contribution in [0, 0.1) is 0 Å². The number of hydrogen-bond donors (Lipinski definition) is 1. The van der Waals surface area contributed by atoms with Gasteiger partial charge in [-0.1, -0.05) is 19.9 Å². The fraction of sp³-hybridized carbons (Fsp3) is 0.500. The second-order valence-corrected chi connectivity index (χ2v) is 3.00. The van der Waals surface area contributed by atoms with E-state index in [4.69, 9.17) is 0 Å². The third-order valence-electron chi connectivity index (χ3n) is 2.22. The molecule has 2 nitrogen and oxygen atoms in total. The zero-order valence-electron chi connectivity index (χ0n) is 7.96. The van der Waals surface area contributed by atoms with Gasteiger partial charge in [0.25, 0.3) is 0 Å². The molecule has 0 bridgehead atoms. The molecule has 12 heavy (non-hydrogen) atoms. The fourth-order valence-corrected chi connectivity index (χ4v) is 1.24. The van der Waals surface area contributed by atoms with Crippen molar-refractivity contribution in [2.45, 2.75) is 26.2 Å². The molecule has 0 radical (unpaired) electrons. The van der Waals surface area contributed by atoms with Gasteiger partial charge in [0.15, 0.2) is 0 Å². The van der Waals surface area contributed by atoms with Crippen molar-refractivity contribution in [2.75, 3.05) is 12.4 Å². The predicted octanol–water partition coefficient (Wildman–Crippen LogP) is 2.64. The third kappa shape index (κ3) is 1.76. The zero-order valence-corrected chi connectivity index (χ0v) is 7.96. The van der Waals surface area contributed by atoms with Crippen LogP contribution < -0.4 is 5.32 Å². The van der Waals surface area contributed by atoms with Gasteiger partial charge in [-0.15, -0.1) is 0 Å². The summed E-state index contributed by atoms with van der Waals surface area (Å²) in [7, 11) is 1.91. The maximum Gasteiger partial charge on any atom is 0.129 e. The number of rotatable bonds is 3. The van der Waals surface area contributed by atoms with Crippen LogP contribution in [0.25, 0.3) is 0 Å². The lowest BCUT2D eigenvalue weighted by atomic mass is 9.99. The third-order valence-corrected chi connectivity index (χ3v) is 2.22. The Labute approximate surface area is 74.0 Å². The van der Waals surface area contributed by atoms with E-state index in [0.717, 1.165) is 12.2 Å². The van der Waals surface area contributed by atoms with Crippen molar-refractivity contribution in [3.63, 3.8) is 0 Å². The van der Waals surface area contributed by atoms with Crippen molar-refractivity contribution >= 4 is 5.82 Å². The van der Waals surface area contributed by atoms with Crippen LogP contribution in [0.5, 0.6) is 0 Å². The lowest BCUT2D eigenvalue weighted by molar-refractivity contribution is 0.731. The van der Waals surface area contributed by atoms with E-state index in [0.29, 0.717) is 5.92 Å².